The van der Waals surface area contributed by atoms with Gasteiger partial charge in [0.1, 0.15) is 18.1 Å². The fourth-order valence-corrected chi connectivity index (χ4v) is 3.57. The summed E-state index contributed by atoms with van der Waals surface area (Å²) >= 11 is 0. The smallest absolute Gasteiger partial charge is 0.326 e. The van der Waals surface area contributed by atoms with E-state index in [1.165, 1.54) is 6.92 Å². The van der Waals surface area contributed by atoms with Gasteiger partial charge in [-0.05, 0) is 31.2 Å². The van der Waals surface area contributed by atoms with Crippen LogP contribution >= 0.6 is 0 Å². The van der Waals surface area contributed by atoms with E-state index in [-0.39, 0.29) is 31.3 Å². The Balaban J connectivity index is 3.02. The highest BCUT2D eigenvalue weighted by Gasteiger charge is 2.33. The van der Waals surface area contributed by atoms with Gasteiger partial charge < -0.3 is 43.4 Å². The topological polar surface area (TPSA) is 235 Å². The number of aliphatic imine (C=N–C) groups is 1. The zero-order valence-electron chi connectivity index (χ0n) is 22.1. The van der Waals surface area contributed by atoms with Crippen molar-refractivity contribution in [3.05, 3.63) is 35.9 Å². The van der Waals surface area contributed by atoms with E-state index in [2.05, 4.69) is 20.9 Å². The lowest BCUT2D eigenvalue weighted by atomic mass is 9.98. The molecule has 1 rings (SSSR count). The summed E-state index contributed by atoms with van der Waals surface area (Å²) in [4.78, 5) is 54.4. The summed E-state index contributed by atoms with van der Waals surface area (Å²) in [6.45, 7) is 5.08. The third-order valence-electron chi connectivity index (χ3n) is 6.06. The van der Waals surface area contributed by atoms with Crippen LogP contribution in [0.5, 0.6) is 0 Å². The molecule has 0 radical (unpaired) electrons. The summed E-state index contributed by atoms with van der Waals surface area (Å²) in [6.07, 6.45) is -0.119. The number of benzene rings is 1. The van der Waals surface area contributed by atoms with E-state index in [0.29, 0.717) is 18.4 Å². The summed E-state index contributed by atoms with van der Waals surface area (Å²) in [5.41, 5.74) is 17.1. The Kier molecular flexibility index (Phi) is 13.8. The lowest BCUT2D eigenvalue weighted by Gasteiger charge is -2.27. The second-order valence-electron chi connectivity index (χ2n) is 9.24. The average molecular weight is 536 g/mol. The van der Waals surface area contributed by atoms with E-state index in [1.54, 1.807) is 44.2 Å². The van der Waals surface area contributed by atoms with Crippen LogP contribution in [0.25, 0.3) is 0 Å². The van der Waals surface area contributed by atoms with Crippen LogP contribution in [0.15, 0.2) is 35.3 Å². The standard InChI is InChI=1S/C25H41N7O6/c1-4-14(2)19(24(37)38)31-22(35)18(13-16-9-6-5-7-10-16)30-23(36)20(15(3)33)32-21(34)17(26)11-8-12-29-25(27)28/h5-7,9-10,14-15,17-20,33H,4,8,11-13,26H2,1-3H3,(H,30,36)(H,31,35)(H,32,34)(H,37,38)(H4,27,28,29). The van der Waals surface area contributed by atoms with Gasteiger partial charge in [0, 0.05) is 13.0 Å². The summed E-state index contributed by atoms with van der Waals surface area (Å²) in [7, 11) is 0. The van der Waals surface area contributed by atoms with Gasteiger partial charge in [0.25, 0.3) is 0 Å². The van der Waals surface area contributed by atoms with E-state index in [0.717, 1.165) is 0 Å². The van der Waals surface area contributed by atoms with Crippen molar-refractivity contribution < 1.29 is 29.4 Å². The molecular weight excluding hydrogens is 494 g/mol. The Hall–Kier alpha value is -3.71. The van der Waals surface area contributed by atoms with Crippen LogP contribution in [-0.4, -0.2) is 76.7 Å². The molecule has 1 aromatic carbocycles. The number of nitrogens with two attached hydrogens (primary N) is 3. The number of carboxylic acid groups (broad SMARTS) is 1. The number of carbonyl (C=O) groups is 4. The Bertz CT molecular complexity index is 953. The molecule has 13 heteroatoms. The summed E-state index contributed by atoms with van der Waals surface area (Å²) in [5.74, 6) is -3.85. The maximum absolute atomic E-state index is 13.1. The molecule has 0 heterocycles. The van der Waals surface area contributed by atoms with Crippen molar-refractivity contribution in [1.82, 2.24) is 16.0 Å². The number of aliphatic carboxylic acids is 1. The number of nitrogens with zero attached hydrogens (tertiary/aromatic N) is 1. The van der Waals surface area contributed by atoms with Gasteiger partial charge in [-0.2, -0.15) is 0 Å². The normalized spacial score (nSPS) is 15.6. The highest BCUT2D eigenvalue weighted by Crippen LogP contribution is 2.10. The molecular formula is C25H41N7O6. The fraction of sp³-hybridized carbons (Fsp3) is 0.560. The first-order chi connectivity index (χ1) is 17.9. The van der Waals surface area contributed by atoms with E-state index in [1.807, 2.05) is 0 Å². The fourth-order valence-electron chi connectivity index (χ4n) is 3.57. The van der Waals surface area contributed by atoms with Gasteiger partial charge in [0.15, 0.2) is 5.96 Å². The molecule has 0 aliphatic carbocycles. The minimum atomic E-state index is -1.41. The first-order valence-corrected chi connectivity index (χ1v) is 12.5. The molecule has 0 fully saturated rings. The summed E-state index contributed by atoms with van der Waals surface area (Å²) in [6, 6.07) is 4.08. The Morgan fingerprint density at radius 2 is 1.55 bits per heavy atom. The molecule has 1 aromatic rings. The SMILES string of the molecule is CCC(C)C(NC(=O)C(Cc1ccccc1)NC(=O)C(NC(=O)C(N)CCCN=C(N)N)C(C)O)C(=O)O. The molecule has 0 spiro atoms. The number of rotatable bonds is 16. The summed E-state index contributed by atoms with van der Waals surface area (Å²) in [5, 5.41) is 27.3. The van der Waals surface area contributed by atoms with Gasteiger partial charge in [0.2, 0.25) is 17.7 Å². The van der Waals surface area contributed by atoms with Crippen molar-refractivity contribution in [1.29, 1.82) is 0 Å². The minimum Gasteiger partial charge on any atom is -0.480 e. The van der Waals surface area contributed by atoms with Crippen molar-refractivity contribution in [3.8, 4) is 0 Å². The van der Waals surface area contributed by atoms with Crippen LogP contribution in [-0.2, 0) is 25.6 Å². The van der Waals surface area contributed by atoms with Crippen molar-refractivity contribution in [2.24, 2.45) is 28.1 Å². The number of aliphatic hydroxyl groups is 1. The predicted molar refractivity (Wildman–Crippen MR) is 143 cm³/mol. The van der Waals surface area contributed by atoms with E-state index in [9.17, 15) is 29.4 Å². The molecule has 0 aliphatic rings. The predicted octanol–water partition coefficient (Wildman–Crippen LogP) is -1.42. The van der Waals surface area contributed by atoms with Crippen LogP contribution in [0.4, 0.5) is 0 Å². The van der Waals surface area contributed by atoms with Crippen LogP contribution in [0, 0.1) is 5.92 Å². The van der Waals surface area contributed by atoms with Crippen LogP contribution in [0.1, 0.15) is 45.6 Å². The van der Waals surface area contributed by atoms with Gasteiger partial charge in [-0.15, -0.1) is 0 Å². The zero-order chi connectivity index (χ0) is 28.8. The van der Waals surface area contributed by atoms with Gasteiger partial charge in [0.05, 0.1) is 12.1 Å². The molecule has 6 unspecified atom stereocenters. The van der Waals surface area contributed by atoms with Gasteiger partial charge in [-0.25, -0.2) is 4.79 Å². The highest BCUT2D eigenvalue weighted by molar-refractivity contribution is 5.94. The third-order valence-corrected chi connectivity index (χ3v) is 6.06. The maximum Gasteiger partial charge on any atom is 0.326 e. The minimum absolute atomic E-state index is 0.0516. The molecule has 0 bridgehead atoms. The maximum atomic E-state index is 13.1. The highest BCUT2D eigenvalue weighted by atomic mass is 16.4. The number of nitrogens with one attached hydrogen (secondary N) is 3. The lowest BCUT2D eigenvalue weighted by Crippen LogP contribution is -2.60. The molecule has 6 atom stereocenters. The van der Waals surface area contributed by atoms with Crippen LogP contribution < -0.4 is 33.2 Å². The molecule has 0 saturated carbocycles. The van der Waals surface area contributed by atoms with Crippen molar-refractivity contribution in [2.75, 3.05) is 6.54 Å². The largest absolute Gasteiger partial charge is 0.480 e. The van der Waals surface area contributed by atoms with E-state index in [4.69, 9.17) is 17.2 Å². The van der Waals surface area contributed by atoms with Gasteiger partial charge in [-0.3, -0.25) is 19.4 Å². The number of hydrogen-bond acceptors (Lipinski definition) is 7. The van der Waals surface area contributed by atoms with Crippen molar-refractivity contribution in [2.45, 2.75) is 76.7 Å². The zero-order valence-corrected chi connectivity index (χ0v) is 22.1. The van der Waals surface area contributed by atoms with E-state index < -0.39 is 54.0 Å². The van der Waals surface area contributed by atoms with Crippen molar-refractivity contribution >= 4 is 29.7 Å². The summed E-state index contributed by atoms with van der Waals surface area (Å²) < 4.78 is 0. The number of aliphatic hydroxyl groups excluding tert-OH is 1. The number of amides is 3. The van der Waals surface area contributed by atoms with Gasteiger partial charge >= 0.3 is 5.97 Å². The molecule has 3 amide bonds. The molecule has 13 nitrogen and oxygen atoms in total. The number of carbonyl (C=O) groups excluding carboxylic acids is 3. The molecule has 0 saturated heterocycles. The average Bonchev–Trinajstić information content (AvgIpc) is 2.86. The first-order valence-electron chi connectivity index (χ1n) is 12.5. The third kappa shape index (κ3) is 11.1. The second-order valence-corrected chi connectivity index (χ2v) is 9.24. The quantitative estimate of drug-likeness (QED) is 0.0703. The number of guanidine groups is 1. The van der Waals surface area contributed by atoms with Gasteiger partial charge in [-0.1, -0.05) is 50.6 Å². The van der Waals surface area contributed by atoms with Crippen LogP contribution in [0.2, 0.25) is 0 Å². The molecule has 0 aromatic heterocycles. The molecule has 0 aliphatic heterocycles. The Labute approximate surface area is 222 Å². The van der Waals surface area contributed by atoms with Crippen LogP contribution in [0.3, 0.4) is 0 Å². The molecule has 11 N–H and O–H groups in total. The Morgan fingerprint density at radius 1 is 0.947 bits per heavy atom. The molecule has 212 valence electrons. The number of carboxylic acids is 1. The number of hydrogen-bond donors (Lipinski definition) is 8. The molecule has 38 heavy (non-hydrogen) atoms. The van der Waals surface area contributed by atoms with Crippen molar-refractivity contribution in [3.63, 3.8) is 0 Å². The second kappa shape index (κ2) is 16.2. The Morgan fingerprint density at radius 3 is 2.08 bits per heavy atom. The lowest BCUT2D eigenvalue weighted by molar-refractivity contribution is -0.144. The first kappa shape index (κ1) is 32.3. The monoisotopic (exact) mass is 535 g/mol. The van der Waals surface area contributed by atoms with E-state index >= 15 is 0 Å².